The summed E-state index contributed by atoms with van der Waals surface area (Å²) in [5.41, 5.74) is 0.343. The molecule has 5 aliphatic rings. The number of carbonyl (C=O) groups is 3. The van der Waals surface area contributed by atoms with E-state index in [-0.39, 0.29) is 37.1 Å². The van der Waals surface area contributed by atoms with Crippen LogP contribution in [0.4, 0.5) is 5.69 Å². The normalized spacial score (nSPS) is 32.5. The summed E-state index contributed by atoms with van der Waals surface area (Å²) in [4.78, 5) is 44.0. The number of ether oxygens (including phenoxy) is 4. The lowest BCUT2D eigenvalue weighted by Gasteiger charge is -2.36. The van der Waals surface area contributed by atoms with Crippen LogP contribution in [0, 0.1) is 17.8 Å². The van der Waals surface area contributed by atoms with Crippen molar-refractivity contribution in [2.75, 3.05) is 19.2 Å². The molecule has 10 nitrogen and oxygen atoms in total. The highest BCUT2D eigenvalue weighted by atomic mass is 16.7. The molecule has 4 aliphatic heterocycles. The van der Waals surface area contributed by atoms with Gasteiger partial charge in [0.05, 0.1) is 25.0 Å². The smallest absolute Gasteiger partial charge is 0.246 e. The molecule has 42 heavy (non-hydrogen) atoms. The van der Waals surface area contributed by atoms with Crippen molar-refractivity contribution in [3.8, 4) is 17.2 Å². The highest BCUT2D eigenvalue weighted by Gasteiger charge is 2.74. The molecule has 4 heterocycles. The Balaban J connectivity index is 1.21. The van der Waals surface area contributed by atoms with Crippen molar-refractivity contribution in [1.82, 2.24) is 10.2 Å². The van der Waals surface area contributed by atoms with Gasteiger partial charge in [-0.15, -0.1) is 0 Å². The minimum Gasteiger partial charge on any atom is -0.497 e. The van der Waals surface area contributed by atoms with Crippen LogP contribution in [-0.2, 0) is 25.7 Å². The number of anilines is 1. The largest absolute Gasteiger partial charge is 0.497 e. The van der Waals surface area contributed by atoms with Gasteiger partial charge in [-0.05, 0) is 61.4 Å². The quantitative estimate of drug-likeness (QED) is 0.518. The second-order valence-corrected chi connectivity index (χ2v) is 12.3. The van der Waals surface area contributed by atoms with Gasteiger partial charge in [0.1, 0.15) is 17.4 Å². The molecule has 1 saturated carbocycles. The first-order valence-corrected chi connectivity index (χ1v) is 15.0. The van der Waals surface area contributed by atoms with Crippen LogP contribution in [0.1, 0.15) is 51.0 Å². The number of fused-ring (bicyclic) bond motifs is 2. The van der Waals surface area contributed by atoms with Gasteiger partial charge < -0.3 is 34.5 Å². The first kappa shape index (κ1) is 27.1. The van der Waals surface area contributed by atoms with Crippen LogP contribution in [0.25, 0.3) is 0 Å². The van der Waals surface area contributed by atoms with Crippen molar-refractivity contribution >= 4 is 23.4 Å². The van der Waals surface area contributed by atoms with Crippen LogP contribution >= 0.6 is 0 Å². The maximum atomic E-state index is 14.4. The van der Waals surface area contributed by atoms with Crippen molar-refractivity contribution < 1.29 is 33.3 Å². The molecule has 2 bridgehead atoms. The van der Waals surface area contributed by atoms with Gasteiger partial charge in [-0.25, -0.2) is 0 Å². The van der Waals surface area contributed by atoms with Crippen LogP contribution in [-0.4, -0.2) is 60.3 Å². The molecule has 2 aromatic rings. The number of carbonyl (C=O) groups excluding carboxylic acids is 3. The molecule has 7 unspecified atom stereocenters. The van der Waals surface area contributed by atoms with E-state index in [1.165, 1.54) is 0 Å². The number of amides is 3. The summed E-state index contributed by atoms with van der Waals surface area (Å²) in [7, 11) is 1.57. The lowest BCUT2D eigenvalue weighted by molar-refractivity contribution is -0.142. The molecule has 2 N–H and O–H groups in total. The number of nitrogens with one attached hydrogen (secondary N) is 2. The van der Waals surface area contributed by atoms with Crippen molar-refractivity contribution in [1.29, 1.82) is 0 Å². The van der Waals surface area contributed by atoms with Gasteiger partial charge in [-0.3, -0.25) is 14.4 Å². The molecule has 0 aromatic heterocycles. The fourth-order valence-corrected chi connectivity index (χ4v) is 7.88. The average Bonchev–Trinajstić information content (AvgIpc) is 3.75. The van der Waals surface area contributed by atoms with Gasteiger partial charge in [-0.1, -0.05) is 31.9 Å². The van der Waals surface area contributed by atoms with Gasteiger partial charge in [0.2, 0.25) is 24.5 Å². The third-order valence-corrected chi connectivity index (χ3v) is 9.92. The Bertz CT molecular complexity index is 1410. The summed E-state index contributed by atoms with van der Waals surface area (Å²) in [6, 6.07) is 11.9. The monoisotopic (exact) mass is 575 g/mol. The molecular weight excluding hydrogens is 538 g/mol. The molecule has 3 saturated heterocycles. The fraction of sp³-hybridized carbons (Fsp3) is 0.531. The van der Waals surface area contributed by atoms with Crippen LogP contribution in [0.3, 0.4) is 0 Å². The van der Waals surface area contributed by atoms with E-state index in [2.05, 4.69) is 17.6 Å². The van der Waals surface area contributed by atoms with Gasteiger partial charge >= 0.3 is 0 Å². The number of rotatable bonds is 7. The minimum atomic E-state index is -1.06. The fourth-order valence-electron chi connectivity index (χ4n) is 7.88. The van der Waals surface area contributed by atoms with Crippen LogP contribution in [0.5, 0.6) is 17.2 Å². The number of hydrogen-bond acceptors (Lipinski definition) is 7. The second-order valence-electron chi connectivity index (χ2n) is 12.3. The molecule has 2 aromatic carbocycles. The van der Waals surface area contributed by atoms with E-state index >= 15 is 0 Å². The zero-order valence-corrected chi connectivity index (χ0v) is 24.0. The Morgan fingerprint density at radius 2 is 1.88 bits per heavy atom. The summed E-state index contributed by atoms with van der Waals surface area (Å²) in [6.45, 7) is 2.52. The lowest BCUT2D eigenvalue weighted by atomic mass is 9.70. The maximum Gasteiger partial charge on any atom is 0.246 e. The molecule has 3 amide bonds. The zero-order chi connectivity index (χ0) is 29.0. The Kier molecular flexibility index (Phi) is 6.76. The van der Waals surface area contributed by atoms with E-state index in [0.717, 1.165) is 31.2 Å². The molecule has 1 aliphatic carbocycles. The van der Waals surface area contributed by atoms with Crippen LogP contribution in [0.2, 0.25) is 0 Å². The van der Waals surface area contributed by atoms with Crippen molar-refractivity contribution in [2.24, 2.45) is 17.8 Å². The molecular formula is C32H37N3O7. The van der Waals surface area contributed by atoms with Gasteiger partial charge in [0.15, 0.2) is 11.5 Å². The molecule has 4 fully saturated rings. The molecule has 10 heteroatoms. The van der Waals surface area contributed by atoms with Crippen molar-refractivity contribution in [3.05, 3.63) is 48.0 Å². The molecule has 7 atom stereocenters. The highest BCUT2D eigenvalue weighted by molar-refractivity contribution is 6.02. The van der Waals surface area contributed by atoms with Gasteiger partial charge in [0.25, 0.3) is 0 Å². The van der Waals surface area contributed by atoms with Gasteiger partial charge in [-0.2, -0.15) is 0 Å². The summed E-state index contributed by atoms with van der Waals surface area (Å²) < 4.78 is 22.9. The first-order chi connectivity index (χ1) is 20.4. The number of likely N-dealkylation sites (tertiary alicyclic amines) is 1. The Morgan fingerprint density at radius 3 is 2.71 bits per heavy atom. The third-order valence-electron chi connectivity index (χ3n) is 9.92. The van der Waals surface area contributed by atoms with E-state index in [1.54, 1.807) is 36.3 Å². The highest BCUT2D eigenvalue weighted by Crippen LogP contribution is 2.59. The molecule has 222 valence electrons. The topological polar surface area (TPSA) is 115 Å². The molecule has 1 spiro atoms. The van der Waals surface area contributed by atoms with E-state index in [4.69, 9.17) is 18.9 Å². The number of benzene rings is 2. The van der Waals surface area contributed by atoms with Crippen molar-refractivity contribution in [2.45, 2.75) is 75.8 Å². The van der Waals surface area contributed by atoms with Crippen LogP contribution < -0.4 is 24.8 Å². The first-order valence-electron chi connectivity index (χ1n) is 15.0. The third kappa shape index (κ3) is 4.38. The zero-order valence-electron chi connectivity index (χ0n) is 24.0. The molecule has 0 radical (unpaired) electrons. The van der Waals surface area contributed by atoms with E-state index in [0.29, 0.717) is 41.7 Å². The van der Waals surface area contributed by atoms with Crippen LogP contribution in [0.15, 0.2) is 42.5 Å². The number of hydrogen-bond donors (Lipinski definition) is 2. The van der Waals surface area contributed by atoms with E-state index in [9.17, 15) is 14.4 Å². The number of methoxy groups -OCH3 is 1. The summed E-state index contributed by atoms with van der Waals surface area (Å²) in [5, 5.41) is 6.28. The second kappa shape index (κ2) is 10.5. The van der Waals surface area contributed by atoms with Crippen molar-refractivity contribution in [3.63, 3.8) is 0 Å². The minimum absolute atomic E-state index is 0.0509. The molecule has 7 rings (SSSR count). The summed E-state index contributed by atoms with van der Waals surface area (Å²) >= 11 is 0. The Hall–Kier alpha value is -3.79. The SMILES string of the molecule is COc1cccc(NC(=O)C2C3CCC4(O3)C2C(=O)N(Cc2ccc3c(c2)OCO3)C4C(=O)NC2CCCCC2C)c1. The summed E-state index contributed by atoms with van der Waals surface area (Å²) in [5.74, 6) is 0.0849. The maximum absolute atomic E-state index is 14.4. The predicted molar refractivity (Wildman–Crippen MR) is 152 cm³/mol. The predicted octanol–water partition coefficient (Wildman–Crippen LogP) is 3.63. The number of nitrogens with zero attached hydrogens (tertiary/aromatic N) is 1. The van der Waals surface area contributed by atoms with E-state index in [1.807, 2.05) is 18.2 Å². The summed E-state index contributed by atoms with van der Waals surface area (Å²) in [6.07, 6.45) is 4.94. The average molecular weight is 576 g/mol. The Labute approximate surface area is 245 Å². The lowest BCUT2D eigenvalue weighted by Crippen LogP contribution is -2.57. The Morgan fingerprint density at radius 1 is 1.05 bits per heavy atom. The standard InChI is InChI=1S/C32H37N3O7/c1-18-6-3-4-9-22(18)34-30(37)28-32-13-12-24(42-32)26(29(36)33-20-7-5-8-21(15-20)39-2)27(32)31(38)35(28)16-19-10-11-23-25(14-19)41-17-40-23/h5,7-8,10-11,14-15,18,22,24,26-28H,3-4,6,9,12-13,16-17H2,1-2H3,(H,33,36)(H,34,37). The van der Waals surface area contributed by atoms with Gasteiger partial charge in [0, 0.05) is 24.3 Å². The van der Waals surface area contributed by atoms with E-state index < -0.39 is 29.6 Å².